The molecule has 0 aliphatic carbocycles. The number of nitrogens with zero attached hydrogens (tertiary/aromatic N) is 4. The molecular weight excluding hydrogens is 386 g/mol. The van der Waals surface area contributed by atoms with Gasteiger partial charge in [0.15, 0.2) is 0 Å². The van der Waals surface area contributed by atoms with Crippen LogP contribution < -0.4 is 5.73 Å². The van der Waals surface area contributed by atoms with E-state index in [-0.39, 0.29) is 11.5 Å². The topological polar surface area (TPSA) is 86.3 Å². The van der Waals surface area contributed by atoms with Gasteiger partial charge in [-0.05, 0) is 42.7 Å². The molecule has 3 aromatic heterocycles. The second-order valence-electron chi connectivity index (χ2n) is 7.65. The molecule has 2 aliphatic heterocycles. The lowest BCUT2D eigenvalue weighted by Gasteiger charge is -2.43. The number of nitrogens with two attached hydrogens (primary N) is 1. The van der Waals surface area contributed by atoms with E-state index >= 15 is 0 Å². The van der Waals surface area contributed by atoms with E-state index in [9.17, 15) is 4.79 Å². The highest BCUT2D eigenvalue weighted by Crippen LogP contribution is 2.46. The Bertz CT molecular complexity index is 1060. The first-order valence-electron chi connectivity index (χ1n) is 9.83. The van der Waals surface area contributed by atoms with Crippen molar-refractivity contribution in [3.63, 3.8) is 0 Å². The lowest BCUT2D eigenvalue weighted by atomic mass is 9.82. The number of fused-ring (bicyclic) bond motifs is 2. The van der Waals surface area contributed by atoms with Crippen LogP contribution in [0, 0.1) is 0 Å². The summed E-state index contributed by atoms with van der Waals surface area (Å²) in [6.07, 6.45) is 4.30. The van der Waals surface area contributed by atoms with E-state index in [2.05, 4.69) is 16.1 Å². The lowest BCUT2D eigenvalue weighted by Crippen LogP contribution is -2.48. The molecule has 5 heterocycles. The fraction of sp³-hybridized carbons (Fsp3) is 0.381. The molecule has 29 heavy (non-hydrogen) atoms. The summed E-state index contributed by atoms with van der Waals surface area (Å²) in [6.45, 7) is 2.04. The number of aryl methyl sites for hydroxylation is 1. The van der Waals surface area contributed by atoms with Crippen LogP contribution >= 0.6 is 11.3 Å². The van der Waals surface area contributed by atoms with Crippen LogP contribution in [-0.2, 0) is 23.8 Å². The number of pyridine rings is 1. The molecule has 0 saturated carbocycles. The third kappa shape index (κ3) is 3.22. The van der Waals surface area contributed by atoms with E-state index in [0.717, 1.165) is 29.8 Å². The number of hydrogen-bond donors (Lipinski definition) is 1. The highest BCUT2D eigenvalue weighted by molar-refractivity contribution is 7.15. The number of hydrogen-bond acceptors (Lipinski definition) is 6. The first-order chi connectivity index (χ1) is 14.0. The third-order valence-corrected chi connectivity index (χ3v) is 7.04. The van der Waals surface area contributed by atoms with Gasteiger partial charge in [-0.3, -0.25) is 9.48 Å². The molecule has 3 aromatic rings. The molecule has 7 nitrogen and oxygen atoms in total. The summed E-state index contributed by atoms with van der Waals surface area (Å²) in [5.74, 6) is 0.521. The molecule has 1 saturated heterocycles. The highest BCUT2D eigenvalue weighted by Gasteiger charge is 2.43. The number of rotatable bonds is 2. The maximum absolute atomic E-state index is 12.7. The van der Waals surface area contributed by atoms with Gasteiger partial charge in [-0.1, -0.05) is 6.07 Å². The van der Waals surface area contributed by atoms with Gasteiger partial charge in [0.1, 0.15) is 11.5 Å². The smallest absolute Gasteiger partial charge is 0.274 e. The molecule has 0 unspecified atom stereocenters. The van der Waals surface area contributed by atoms with Crippen molar-refractivity contribution < 1.29 is 9.53 Å². The fourth-order valence-corrected chi connectivity index (χ4v) is 5.51. The van der Waals surface area contributed by atoms with Crippen LogP contribution in [0.2, 0.25) is 0 Å². The van der Waals surface area contributed by atoms with Crippen molar-refractivity contribution in [2.24, 2.45) is 7.05 Å². The molecule has 1 spiro atoms. The minimum atomic E-state index is -0.316. The van der Waals surface area contributed by atoms with E-state index < -0.39 is 0 Å². The van der Waals surface area contributed by atoms with Gasteiger partial charge >= 0.3 is 0 Å². The number of anilines is 1. The van der Waals surface area contributed by atoms with Crippen molar-refractivity contribution in [3.8, 4) is 10.6 Å². The Balaban J connectivity index is 1.39. The fourth-order valence-electron chi connectivity index (χ4n) is 4.31. The zero-order valence-electron chi connectivity index (χ0n) is 16.3. The number of amides is 1. The second kappa shape index (κ2) is 6.96. The summed E-state index contributed by atoms with van der Waals surface area (Å²) in [5.41, 5.74) is 8.22. The molecule has 8 heteroatoms. The van der Waals surface area contributed by atoms with E-state index in [4.69, 9.17) is 10.5 Å². The molecule has 2 aliphatic rings. The molecule has 0 aromatic carbocycles. The summed E-state index contributed by atoms with van der Waals surface area (Å²) in [4.78, 5) is 21.6. The zero-order valence-corrected chi connectivity index (χ0v) is 17.1. The molecular formula is C21H23N5O2S. The van der Waals surface area contributed by atoms with Crippen LogP contribution in [0.25, 0.3) is 10.6 Å². The first kappa shape index (κ1) is 18.3. The molecule has 0 bridgehead atoms. The van der Waals surface area contributed by atoms with Crippen molar-refractivity contribution in [1.29, 1.82) is 0 Å². The SMILES string of the molecule is Cn1ccc(C(=O)N2CCC3(CC2)OCCc2sc(-c4cccc(N)n4)cc23)n1. The minimum absolute atomic E-state index is 0.00792. The van der Waals surface area contributed by atoms with Crippen LogP contribution in [0.1, 0.15) is 33.8 Å². The minimum Gasteiger partial charge on any atom is -0.384 e. The normalized spacial score (nSPS) is 18.0. The molecule has 150 valence electrons. The maximum Gasteiger partial charge on any atom is 0.274 e. The second-order valence-corrected chi connectivity index (χ2v) is 8.79. The average Bonchev–Trinajstić information content (AvgIpc) is 3.36. The van der Waals surface area contributed by atoms with Gasteiger partial charge in [-0.2, -0.15) is 5.10 Å². The molecule has 5 rings (SSSR count). The first-order valence-corrected chi connectivity index (χ1v) is 10.6. The van der Waals surface area contributed by atoms with Gasteiger partial charge in [0.2, 0.25) is 0 Å². The lowest BCUT2D eigenvalue weighted by molar-refractivity contribution is -0.0926. The summed E-state index contributed by atoms with van der Waals surface area (Å²) < 4.78 is 8.01. The number of likely N-dealkylation sites (tertiary alicyclic amines) is 1. The Morgan fingerprint density at radius 3 is 2.83 bits per heavy atom. The van der Waals surface area contributed by atoms with Gasteiger partial charge in [-0.15, -0.1) is 11.3 Å². The van der Waals surface area contributed by atoms with Crippen LogP contribution in [0.5, 0.6) is 0 Å². The summed E-state index contributed by atoms with van der Waals surface area (Å²) >= 11 is 1.78. The Morgan fingerprint density at radius 1 is 1.28 bits per heavy atom. The van der Waals surface area contributed by atoms with E-state index in [1.54, 1.807) is 34.3 Å². The Morgan fingerprint density at radius 2 is 2.10 bits per heavy atom. The largest absolute Gasteiger partial charge is 0.384 e. The Kier molecular flexibility index (Phi) is 4.40. The van der Waals surface area contributed by atoms with Crippen LogP contribution in [0.15, 0.2) is 36.5 Å². The maximum atomic E-state index is 12.7. The van der Waals surface area contributed by atoms with Crippen molar-refractivity contribution in [3.05, 3.63) is 52.7 Å². The molecule has 1 fully saturated rings. The predicted molar refractivity (Wildman–Crippen MR) is 112 cm³/mol. The Hall–Kier alpha value is -2.71. The summed E-state index contributed by atoms with van der Waals surface area (Å²) in [7, 11) is 1.82. The van der Waals surface area contributed by atoms with Crippen molar-refractivity contribution >= 4 is 23.1 Å². The van der Waals surface area contributed by atoms with Crippen LogP contribution in [-0.4, -0.2) is 45.3 Å². The summed E-state index contributed by atoms with van der Waals surface area (Å²) in [6, 6.07) is 9.72. The third-order valence-electron chi connectivity index (χ3n) is 5.82. The number of thiophene rings is 1. The monoisotopic (exact) mass is 409 g/mol. The predicted octanol–water partition coefficient (Wildman–Crippen LogP) is 2.83. The van der Waals surface area contributed by atoms with Crippen LogP contribution in [0.4, 0.5) is 5.82 Å². The molecule has 2 N–H and O–H groups in total. The Labute approximate surface area is 173 Å². The number of carbonyl (C=O) groups excluding carboxylic acids is 1. The van der Waals surface area contributed by atoms with Crippen molar-refractivity contribution in [2.75, 3.05) is 25.4 Å². The van der Waals surface area contributed by atoms with Gasteiger partial charge in [0.05, 0.1) is 22.8 Å². The van der Waals surface area contributed by atoms with Gasteiger partial charge in [0.25, 0.3) is 5.91 Å². The highest BCUT2D eigenvalue weighted by atomic mass is 32.1. The van der Waals surface area contributed by atoms with Crippen molar-refractivity contribution in [2.45, 2.75) is 24.9 Å². The number of ether oxygens (including phenoxy) is 1. The zero-order chi connectivity index (χ0) is 20.0. The number of aromatic nitrogens is 3. The average molecular weight is 410 g/mol. The van der Waals surface area contributed by atoms with E-state index in [1.807, 2.05) is 24.1 Å². The van der Waals surface area contributed by atoms with E-state index in [0.29, 0.717) is 31.2 Å². The standard InChI is InChI=1S/C21H23N5O2S/c1-25-9-5-16(24-25)20(27)26-10-7-21(8-11-26)14-13-18(29-17(14)6-12-28-21)15-3-2-4-19(22)23-15/h2-5,9,13H,6-8,10-12H2,1H3,(H2,22,23). The van der Waals surface area contributed by atoms with Gasteiger partial charge in [0, 0.05) is 37.6 Å². The number of nitrogen functional groups attached to an aromatic ring is 1. The quantitative estimate of drug-likeness (QED) is 0.703. The molecule has 1 amide bonds. The van der Waals surface area contributed by atoms with E-state index in [1.165, 1.54) is 10.4 Å². The molecule has 0 radical (unpaired) electrons. The number of piperidine rings is 1. The summed E-state index contributed by atoms with van der Waals surface area (Å²) in [5, 5.41) is 4.25. The number of carbonyl (C=O) groups is 1. The van der Waals surface area contributed by atoms with Gasteiger partial charge < -0.3 is 15.4 Å². The van der Waals surface area contributed by atoms with Crippen LogP contribution in [0.3, 0.4) is 0 Å². The molecule has 0 atom stereocenters. The van der Waals surface area contributed by atoms with Gasteiger partial charge in [-0.25, -0.2) is 4.98 Å². The van der Waals surface area contributed by atoms with Crippen molar-refractivity contribution in [1.82, 2.24) is 19.7 Å².